The minimum atomic E-state index is -0.0683. The van der Waals surface area contributed by atoms with Crippen LogP contribution in [0, 0.1) is 5.92 Å². The van der Waals surface area contributed by atoms with Crippen LogP contribution in [0.3, 0.4) is 0 Å². The number of aromatic nitrogens is 1. The van der Waals surface area contributed by atoms with Gasteiger partial charge in [0, 0.05) is 19.1 Å². The van der Waals surface area contributed by atoms with Gasteiger partial charge in [-0.3, -0.25) is 4.79 Å². The molecule has 2 unspecified atom stereocenters. The van der Waals surface area contributed by atoms with Crippen molar-refractivity contribution in [3.63, 3.8) is 0 Å². The third kappa shape index (κ3) is 1.51. The van der Waals surface area contributed by atoms with Crippen LogP contribution in [0.25, 0.3) is 0 Å². The van der Waals surface area contributed by atoms with Gasteiger partial charge in [-0.25, -0.2) is 4.98 Å². The second-order valence-electron chi connectivity index (χ2n) is 4.44. The maximum absolute atomic E-state index is 12.1. The molecule has 5 nitrogen and oxygen atoms in total. The van der Waals surface area contributed by atoms with E-state index >= 15 is 0 Å². The molecule has 1 amide bonds. The summed E-state index contributed by atoms with van der Waals surface area (Å²) in [6.45, 7) is 2.80. The van der Waals surface area contributed by atoms with Gasteiger partial charge in [0.1, 0.15) is 6.26 Å². The highest BCUT2D eigenvalue weighted by Gasteiger charge is 2.39. The van der Waals surface area contributed by atoms with Crippen LogP contribution in [-0.4, -0.2) is 41.5 Å². The van der Waals surface area contributed by atoms with E-state index in [1.54, 1.807) is 0 Å². The molecule has 1 aromatic heterocycles. The van der Waals surface area contributed by atoms with E-state index in [4.69, 9.17) is 4.42 Å². The minimum Gasteiger partial charge on any atom is -0.441 e. The number of hydrogen-bond acceptors (Lipinski definition) is 4. The maximum atomic E-state index is 12.1. The molecule has 2 atom stereocenters. The van der Waals surface area contributed by atoms with E-state index in [2.05, 4.69) is 10.3 Å². The van der Waals surface area contributed by atoms with Crippen molar-refractivity contribution in [3.05, 3.63) is 18.4 Å². The van der Waals surface area contributed by atoms with Crippen LogP contribution in [-0.2, 0) is 0 Å². The first-order chi connectivity index (χ1) is 7.86. The van der Waals surface area contributed by atoms with Gasteiger partial charge >= 0.3 is 5.91 Å². The molecule has 1 N–H and O–H groups in total. The second-order valence-corrected chi connectivity index (χ2v) is 4.44. The van der Waals surface area contributed by atoms with Crippen molar-refractivity contribution in [1.82, 2.24) is 15.2 Å². The Balaban J connectivity index is 1.78. The van der Waals surface area contributed by atoms with E-state index in [-0.39, 0.29) is 11.8 Å². The molecule has 5 heteroatoms. The molecule has 2 aliphatic rings. The molecule has 86 valence electrons. The summed E-state index contributed by atoms with van der Waals surface area (Å²) < 4.78 is 5.06. The Labute approximate surface area is 93.8 Å². The first-order valence-corrected chi connectivity index (χ1v) is 5.77. The van der Waals surface area contributed by atoms with Gasteiger partial charge in [0.25, 0.3) is 5.89 Å². The number of nitrogens with zero attached hydrogens (tertiary/aromatic N) is 2. The van der Waals surface area contributed by atoms with E-state index in [1.807, 2.05) is 4.90 Å². The first-order valence-electron chi connectivity index (χ1n) is 5.77. The third-order valence-electron chi connectivity index (χ3n) is 3.61. The second kappa shape index (κ2) is 3.90. The van der Waals surface area contributed by atoms with Gasteiger partial charge in [0.05, 0.1) is 6.20 Å². The van der Waals surface area contributed by atoms with Crippen LogP contribution < -0.4 is 5.32 Å². The van der Waals surface area contributed by atoms with Gasteiger partial charge in [-0.2, -0.15) is 0 Å². The lowest BCUT2D eigenvalue weighted by atomic mass is 9.93. The summed E-state index contributed by atoms with van der Waals surface area (Å²) in [7, 11) is 0. The van der Waals surface area contributed by atoms with Gasteiger partial charge in [0.2, 0.25) is 0 Å². The van der Waals surface area contributed by atoms with Crippen LogP contribution in [0.15, 0.2) is 16.9 Å². The van der Waals surface area contributed by atoms with Crippen LogP contribution in [0.1, 0.15) is 23.5 Å². The smallest absolute Gasteiger partial charge is 0.310 e. The lowest BCUT2D eigenvalue weighted by molar-refractivity contribution is 0.0662. The van der Waals surface area contributed by atoms with E-state index in [1.165, 1.54) is 18.9 Å². The van der Waals surface area contributed by atoms with Gasteiger partial charge < -0.3 is 14.6 Å². The zero-order valence-electron chi connectivity index (χ0n) is 9.06. The van der Waals surface area contributed by atoms with Gasteiger partial charge in [-0.05, 0) is 25.3 Å². The van der Waals surface area contributed by atoms with Gasteiger partial charge in [-0.15, -0.1) is 0 Å². The Morgan fingerprint density at radius 3 is 3.31 bits per heavy atom. The molecule has 1 aromatic rings. The van der Waals surface area contributed by atoms with E-state index < -0.39 is 0 Å². The fraction of sp³-hybridized carbons (Fsp3) is 0.636. The summed E-state index contributed by atoms with van der Waals surface area (Å²) in [6.07, 6.45) is 5.23. The van der Waals surface area contributed by atoms with Crippen molar-refractivity contribution in [2.75, 3.05) is 19.6 Å². The third-order valence-corrected chi connectivity index (χ3v) is 3.61. The standard InChI is InChI=1S/C11H15N3O2/c15-11(10-13-4-6-16-10)14-5-2-8-1-3-12-7-9(8)14/h4,6,8-9,12H,1-3,5,7H2. The highest BCUT2D eigenvalue weighted by molar-refractivity contribution is 5.90. The number of hydrogen-bond donors (Lipinski definition) is 1. The average Bonchev–Trinajstić information content (AvgIpc) is 2.98. The summed E-state index contributed by atoms with van der Waals surface area (Å²) in [6, 6.07) is 0.327. The Bertz CT molecular complexity index is 377. The van der Waals surface area contributed by atoms with E-state index in [0.717, 1.165) is 26.1 Å². The Kier molecular flexibility index (Phi) is 2.40. The van der Waals surface area contributed by atoms with E-state index in [9.17, 15) is 4.79 Å². The fourth-order valence-electron chi connectivity index (χ4n) is 2.77. The average molecular weight is 221 g/mol. The predicted octanol–water partition coefficient (Wildman–Crippen LogP) is 0.499. The maximum Gasteiger partial charge on any atom is 0.310 e. The van der Waals surface area contributed by atoms with Crippen molar-refractivity contribution >= 4 is 5.91 Å². The minimum absolute atomic E-state index is 0.0683. The van der Waals surface area contributed by atoms with Gasteiger partial charge in [-0.1, -0.05) is 0 Å². The largest absolute Gasteiger partial charge is 0.441 e. The normalized spacial score (nSPS) is 29.1. The summed E-state index contributed by atoms with van der Waals surface area (Å²) in [4.78, 5) is 17.9. The monoisotopic (exact) mass is 221 g/mol. The van der Waals surface area contributed by atoms with Crippen molar-refractivity contribution in [1.29, 1.82) is 0 Å². The molecule has 3 rings (SSSR count). The number of fused-ring (bicyclic) bond motifs is 1. The molecule has 2 fully saturated rings. The number of nitrogens with one attached hydrogen (secondary N) is 1. The molecule has 2 saturated heterocycles. The molecule has 0 aromatic carbocycles. The molecule has 0 radical (unpaired) electrons. The highest BCUT2D eigenvalue weighted by atomic mass is 16.4. The molecule has 0 saturated carbocycles. The molecule has 0 spiro atoms. The molecular formula is C11H15N3O2. The summed E-state index contributed by atoms with van der Waals surface area (Å²) in [5, 5.41) is 3.34. The highest BCUT2D eigenvalue weighted by Crippen LogP contribution is 2.29. The summed E-state index contributed by atoms with van der Waals surface area (Å²) in [5.41, 5.74) is 0. The fourth-order valence-corrected chi connectivity index (χ4v) is 2.77. The Morgan fingerprint density at radius 2 is 2.50 bits per heavy atom. The van der Waals surface area contributed by atoms with Crippen molar-refractivity contribution < 1.29 is 9.21 Å². The predicted molar refractivity (Wildman–Crippen MR) is 56.9 cm³/mol. The molecule has 0 aliphatic carbocycles. The SMILES string of the molecule is O=C(c1ncco1)N1CCC2CCNCC21. The molecular weight excluding hydrogens is 206 g/mol. The van der Waals surface area contributed by atoms with Crippen LogP contribution >= 0.6 is 0 Å². The van der Waals surface area contributed by atoms with E-state index in [0.29, 0.717) is 12.0 Å². The Hall–Kier alpha value is -1.36. The number of rotatable bonds is 1. The number of likely N-dealkylation sites (tertiary alicyclic amines) is 1. The van der Waals surface area contributed by atoms with Crippen molar-refractivity contribution in [2.24, 2.45) is 5.92 Å². The molecule has 3 heterocycles. The summed E-state index contributed by atoms with van der Waals surface area (Å²) >= 11 is 0. The Morgan fingerprint density at radius 1 is 1.56 bits per heavy atom. The summed E-state index contributed by atoms with van der Waals surface area (Å²) in [5.74, 6) is 0.799. The van der Waals surface area contributed by atoms with Crippen molar-refractivity contribution in [3.8, 4) is 0 Å². The number of carbonyl (C=O) groups is 1. The van der Waals surface area contributed by atoms with Crippen LogP contribution in [0.2, 0.25) is 0 Å². The zero-order valence-corrected chi connectivity index (χ0v) is 9.06. The molecule has 16 heavy (non-hydrogen) atoms. The van der Waals surface area contributed by atoms with Crippen LogP contribution in [0.4, 0.5) is 0 Å². The topological polar surface area (TPSA) is 58.4 Å². The number of piperidine rings is 1. The zero-order chi connectivity index (χ0) is 11.0. The number of amides is 1. The molecule has 0 bridgehead atoms. The lowest BCUT2D eigenvalue weighted by Crippen LogP contribution is -2.48. The number of oxazole rings is 1. The molecule has 2 aliphatic heterocycles. The van der Waals surface area contributed by atoms with Crippen molar-refractivity contribution in [2.45, 2.75) is 18.9 Å². The van der Waals surface area contributed by atoms with Crippen LogP contribution in [0.5, 0.6) is 0 Å². The lowest BCUT2D eigenvalue weighted by Gasteiger charge is -2.31. The van der Waals surface area contributed by atoms with Gasteiger partial charge in [0.15, 0.2) is 0 Å². The quantitative estimate of drug-likeness (QED) is 0.750. The number of carbonyl (C=O) groups excluding carboxylic acids is 1. The first kappa shape index (κ1) is 9.84.